The zero-order valence-electron chi connectivity index (χ0n) is 15.9. The molecule has 0 saturated heterocycles. The van der Waals surface area contributed by atoms with Gasteiger partial charge in [0.25, 0.3) is 10.0 Å². The van der Waals surface area contributed by atoms with Crippen molar-refractivity contribution in [3.05, 3.63) is 79.5 Å². The number of hydrogen-bond acceptors (Lipinski definition) is 6. The maximum Gasteiger partial charge on any atom is 0.282 e. The van der Waals surface area contributed by atoms with E-state index >= 15 is 0 Å². The van der Waals surface area contributed by atoms with Crippen LogP contribution >= 0.6 is 0 Å². The summed E-state index contributed by atoms with van der Waals surface area (Å²) < 4.78 is 28.2. The van der Waals surface area contributed by atoms with Crippen molar-refractivity contribution in [1.29, 1.82) is 0 Å². The fourth-order valence-electron chi connectivity index (χ4n) is 3.17. The summed E-state index contributed by atoms with van der Waals surface area (Å²) in [5.74, 6) is 0. The highest BCUT2D eigenvalue weighted by Gasteiger charge is 2.18. The average Bonchev–Trinajstić information content (AvgIpc) is 3.43. The largest absolute Gasteiger partial charge is 0.282 e. The summed E-state index contributed by atoms with van der Waals surface area (Å²) in [7, 11) is -1.90. The van der Waals surface area contributed by atoms with Crippen LogP contribution in [0.3, 0.4) is 0 Å². The van der Waals surface area contributed by atoms with Crippen molar-refractivity contribution >= 4 is 21.1 Å². The van der Waals surface area contributed by atoms with E-state index < -0.39 is 10.0 Å². The molecule has 0 unspecified atom stereocenters. The lowest BCUT2D eigenvalue weighted by Crippen LogP contribution is -2.13. The first-order valence-electron chi connectivity index (χ1n) is 9.12. The van der Waals surface area contributed by atoms with Crippen LogP contribution in [0.4, 0.5) is 0 Å². The summed E-state index contributed by atoms with van der Waals surface area (Å²) in [5.41, 5.74) is 4.51. The number of nitrogens with zero attached hydrogens (tertiary/aromatic N) is 6. The van der Waals surface area contributed by atoms with Crippen molar-refractivity contribution in [1.82, 2.24) is 28.9 Å². The first kappa shape index (κ1) is 18.2. The minimum Gasteiger partial charge on any atom is -0.275 e. The van der Waals surface area contributed by atoms with Crippen LogP contribution < -0.4 is 0 Å². The lowest BCUT2D eigenvalue weighted by molar-refractivity contribution is 0.580. The van der Waals surface area contributed by atoms with Gasteiger partial charge in [-0.15, -0.1) is 0 Å². The molecule has 3 heterocycles. The van der Waals surface area contributed by atoms with Crippen molar-refractivity contribution in [2.75, 3.05) is 0 Å². The van der Waals surface area contributed by atoms with Crippen molar-refractivity contribution in [3.8, 4) is 22.4 Å². The van der Waals surface area contributed by atoms with Crippen molar-refractivity contribution in [3.63, 3.8) is 0 Å². The molecule has 0 aliphatic carbocycles. The molecule has 0 bridgehead atoms. The van der Waals surface area contributed by atoms with Crippen LogP contribution in [0.25, 0.3) is 33.4 Å². The number of hydrogen-bond donors (Lipinski definition) is 0. The van der Waals surface area contributed by atoms with Gasteiger partial charge in [-0.05, 0) is 29.8 Å². The first-order chi connectivity index (χ1) is 14.5. The quantitative estimate of drug-likeness (QED) is 0.447. The Bertz CT molecular complexity index is 1470. The van der Waals surface area contributed by atoms with E-state index in [2.05, 4.69) is 20.2 Å². The van der Waals surface area contributed by atoms with Crippen LogP contribution in [0.1, 0.15) is 0 Å². The first-order valence-corrected chi connectivity index (χ1v) is 10.6. The molecule has 8 nitrogen and oxygen atoms in total. The second-order valence-corrected chi connectivity index (χ2v) is 8.58. The van der Waals surface area contributed by atoms with E-state index in [0.717, 1.165) is 26.4 Å². The van der Waals surface area contributed by atoms with Gasteiger partial charge < -0.3 is 0 Å². The van der Waals surface area contributed by atoms with Crippen LogP contribution in [0.2, 0.25) is 0 Å². The Morgan fingerprint density at radius 2 is 1.60 bits per heavy atom. The van der Waals surface area contributed by atoms with Gasteiger partial charge in [0, 0.05) is 24.4 Å². The average molecular weight is 416 g/mol. The predicted octanol–water partition coefficient (Wildman–Crippen LogP) is 3.13. The van der Waals surface area contributed by atoms with E-state index in [4.69, 9.17) is 0 Å². The maximum absolute atomic E-state index is 12.8. The summed E-state index contributed by atoms with van der Waals surface area (Å²) in [5, 5.41) is 8.24. The Balaban J connectivity index is 1.54. The molecule has 5 aromatic rings. The Kier molecular flexibility index (Phi) is 4.18. The summed E-state index contributed by atoms with van der Waals surface area (Å²) >= 11 is 0. The van der Waals surface area contributed by atoms with Gasteiger partial charge in [0.15, 0.2) is 0 Å². The standard InChI is InChI=1S/C21H16N6O2S/c1-26-13-17(11-23-26)21-12-22-19-8-7-15(9-20(19)25-21)16-10-24-27(14-16)30(28,29)18-5-3-2-4-6-18/h2-14H,1H3. The molecule has 3 aromatic heterocycles. The summed E-state index contributed by atoms with van der Waals surface area (Å²) in [6.45, 7) is 0. The maximum atomic E-state index is 12.8. The lowest BCUT2D eigenvalue weighted by atomic mass is 10.1. The molecule has 148 valence electrons. The van der Waals surface area contributed by atoms with Crippen molar-refractivity contribution in [2.24, 2.45) is 7.05 Å². The van der Waals surface area contributed by atoms with Crippen LogP contribution in [0, 0.1) is 0 Å². The van der Waals surface area contributed by atoms with Gasteiger partial charge in [-0.3, -0.25) is 9.67 Å². The fraction of sp³-hybridized carbons (Fsp3) is 0.0476. The number of aryl methyl sites for hydroxylation is 1. The van der Waals surface area contributed by atoms with E-state index in [-0.39, 0.29) is 4.90 Å². The molecule has 0 aliphatic rings. The zero-order chi connectivity index (χ0) is 20.7. The predicted molar refractivity (Wildman–Crippen MR) is 112 cm³/mol. The molecule has 30 heavy (non-hydrogen) atoms. The normalized spacial score (nSPS) is 11.8. The molecule has 0 radical (unpaired) electrons. The molecule has 0 saturated carbocycles. The smallest absolute Gasteiger partial charge is 0.275 e. The summed E-state index contributed by atoms with van der Waals surface area (Å²) in [4.78, 5) is 9.34. The van der Waals surface area contributed by atoms with Crippen LogP contribution in [-0.4, -0.2) is 37.4 Å². The van der Waals surface area contributed by atoms with E-state index in [1.165, 1.54) is 12.4 Å². The number of rotatable bonds is 4. The van der Waals surface area contributed by atoms with Gasteiger partial charge in [0.05, 0.1) is 46.4 Å². The summed E-state index contributed by atoms with van der Waals surface area (Å²) in [6, 6.07) is 13.8. The number of fused-ring (bicyclic) bond motifs is 1. The topological polar surface area (TPSA) is 95.6 Å². The third kappa shape index (κ3) is 3.15. The molecular formula is C21H16N6O2S. The van der Waals surface area contributed by atoms with Crippen LogP contribution in [0.5, 0.6) is 0 Å². The van der Waals surface area contributed by atoms with E-state index in [9.17, 15) is 8.42 Å². The lowest BCUT2D eigenvalue weighted by Gasteiger charge is -2.04. The second-order valence-electron chi connectivity index (χ2n) is 6.78. The van der Waals surface area contributed by atoms with Gasteiger partial charge in [-0.25, -0.2) is 4.98 Å². The van der Waals surface area contributed by atoms with E-state index in [1.807, 2.05) is 31.4 Å². The molecule has 0 amide bonds. The summed E-state index contributed by atoms with van der Waals surface area (Å²) in [6.07, 6.45) is 8.35. The van der Waals surface area contributed by atoms with Gasteiger partial charge in [0.1, 0.15) is 0 Å². The van der Waals surface area contributed by atoms with Crippen LogP contribution in [-0.2, 0) is 17.1 Å². The zero-order valence-corrected chi connectivity index (χ0v) is 16.7. The molecule has 0 N–H and O–H groups in total. The SMILES string of the molecule is Cn1cc(-c2cnc3ccc(-c4cnn(S(=O)(=O)c5ccccc5)c4)cc3n2)cn1. The minimum absolute atomic E-state index is 0.185. The molecule has 0 fully saturated rings. The molecule has 0 atom stereocenters. The van der Waals surface area contributed by atoms with Crippen molar-refractivity contribution in [2.45, 2.75) is 4.90 Å². The van der Waals surface area contributed by atoms with Crippen LogP contribution in [0.15, 0.2) is 84.4 Å². The third-order valence-corrected chi connectivity index (χ3v) is 6.28. The molecule has 0 spiro atoms. The van der Waals surface area contributed by atoms with E-state index in [1.54, 1.807) is 47.4 Å². The Labute approximate surface area is 172 Å². The Hall–Kier alpha value is -3.85. The minimum atomic E-state index is -3.74. The Morgan fingerprint density at radius 3 is 2.37 bits per heavy atom. The number of aromatic nitrogens is 6. The number of benzene rings is 2. The van der Waals surface area contributed by atoms with Gasteiger partial charge in [-0.1, -0.05) is 24.3 Å². The second kappa shape index (κ2) is 6.89. The third-order valence-electron chi connectivity index (χ3n) is 4.72. The molecule has 2 aromatic carbocycles. The van der Waals surface area contributed by atoms with Gasteiger partial charge in [-0.2, -0.15) is 22.7 Å². The Morgan fingerprint density at radius 1 is 0.800 bits per heavy atom. The molecule has 5 rings (SSSR count). The molecule has 0 aliphatic heterocycles. The highest BCUT2D eigenvalue weighted by molar-refractivity contribution is 7.89. The highest BCUT2D eigenvalue weighted by atomic mass is 32.2. The van der Waals surface area contributed by atoms with Crippen molar-refractivity contribution < 1.29 is 8.42 Å². The monoisotopic (exact) mass is 416 g/mol. The van der Waals surface area contributed by atoms with Gasteiger partial charge in [0.2, 0.25) is 0 Å². The molecular weight excluding hydrogens is 400 g/mol. The van der Waals surface area contributed by atoms with E-state index in [0.29, 0.717) is 11.1 Å². The fourth-order valence-corrected chi connectivity index (χ4v) is 4.31. The van der Waals surface area contributed by atoms with Gasteiger partial charge >= 0.3 is 0 Å². The molecule has 9 heteroatoms. The highest BCUT2D eigenvalue weighted by Crippen LogP contribution is 2.25.